The molecule has 1 N–H and O–H groups in total. The summed E-state index contributed by atoms with van der Waals surface area (Å²) in [6.07, 6.45) is 4.83. The van der Waals surface area contributed by atoms with Crippen LogP contribution in [0.2, 0.25) is 0 Å². The number of nitrogens with one attached hydrogen (secondary N) is 1. The van der Waals surface area contributed by atoms with Gasteiger partial charge in [0.15, 0.2) is 0 Å². The van der Waals surface area contributed by atoms with Gasteiger partial charge in [-0.2, -0.15) is 0 Å². The van der Waals surface area contributed by atoms with Crippen LogP contribution in [-0.4, -0.2) is 18.8 Å². The standard InChI is InChI=1S/C11H22FN/c1-3-6-11(2,12)8-10-5-4-7-13-9-10/h10,13H,3-9H2,1-2H3. The molecule has 0 amide bonds. The summed E-state index contributed by atoms with van der Waals surface area (Å²) in [6, 6.07) is 0. The Balaban J connectivity index is 2.28. The lowest BCUT2D eigenvalue weighted by Crippen LogP contribution is -2.34. The molecule has 0 radical (unpaired) electrons. The third-order valence-electron chi connectivity index (χ3n) is 2.88. The first-order valence-electron chi connectivity index (χ1n) is 5.54. The molecule has 2 heteroatoms. The number of piperidine rings is 1. The van der Waals surface area contributed by atoms with E-state index >= 15 is 0 Å². The number of hydrogen-bond acceptors (Lipinski definition) is 1. The lowest BCUT2D eigenvalue weighted by Gasteiger charge is -2.29. The summed E-state index contributed by atoms with van der Waals surface area (Å²) in [5, 5.41) is 3.33. The van der Waals surface area contributed by atoms with Gasteiger partial charge in [-0.3, -0.25) is 0 Å². The summed E-state index contributed by atoms with van der Waals surface area (Å²) in [7, 11) is 0. The van der Waals surface area contributed by atoms with E-state index in [1.807, 2.05) is 0 Å². The molecule has 0 aromatic carbocycles. The third-order valence-corrected chi connectivity index (χ3v) is 2.88. The van der Waals surface area contributed by atoms with Crippen molar-refractivity contribution in [1.29, 1.82) is 0 Å². The Bertz CT molecular complexity index is 139. The summed E-state index contributed by atoms with van der Waals surface area (Å²) in [6.45, 7) is 5.94. The van der Waals surface area contributed by atoms with Crippen molar-refractivity contribution in [3.63, 3.8) is 0 Å². The predicted octanol–water partition coefficient (Wildman–Crippen LogP) is 2.90. The second-order valence-corrected chi connectivity index (χ2v) is 4.58. The first-order chi connectivity index (χ1) is 6.14. The van der Waals surface area contributed by atoms with E-state index in [1.54, 1.807) is 6.92 Å². The molecule has 1 heterocycles. The van der Waals surface area contributed by atoms with Crippen molar-refractivity contribution in [3.8, 4) is 0 Å². The van der Waals surface area contributed by atoms with Crippen LogP contribution in [0.4, 0.5) is 4.39 Å². The first kappa shape index (κ1) is 11.0. The zero-order chi connectivity index (χ0) is 9.73. The Morgan fingerprint density at radius 2 is 2.31 bits per heavy atom. The maximum absolute atomic E-state index is 13.8. The van der Waals surface area contributed by atoms with Gasteiger partial charge in [0.05, 0.1) is 0 Å². The van der Waals surface area contributed by atoms with Crippen molar-refractivity contribution < 1.29 is 4.39 Å². The molecule has 1 rings (SSSR count). The van der Waals surface area contributed by atoms with E-state index < -0.39 is 5.67 Å². The van der Waals surface area contributed by atoms with E-state index in [0.717, 1.165) is 25.9 Å². The zero-order valence-corrected chi connectivity index (χ0v) is 8.91. The van der Waals surface area contributed by atoms with Gasteiger partial charge in [0.2, 0.25) is 0 Å². The van der Waals surface area contributed by atoms with Crippen molar-refractivity contribution in [2.24, 2.45) is 5.92 Å². The Morgan fingerprint density at radius 1 is 1.54 bits per heavy atom. The topological polar surface area (TPSA) is 12.0 Å². The summed E-state index contributed by atoms with van der Waals surface area (Å²) in [5.41, 5.74) is -0.932. The summed E-state index contributed by atoms with van der Waals surface area (Å²) in [5.74, 6) is 0.565. The Morgan fingerprint density at radius 3 is 2.85 bits per heavy atom. The summed E-state index contributed by atoms with van der Waals surface area (Å²) < 4.78 is 13.8. The van der Waals surface area contributed by atoms with Gasteiger partial charge in [-0.1, -0.05) is 13.3 Å². The molecule has 0 spiro atoms. The lowest BCUT2D eigenvalue weighted by molar-refractivity contribution is 0.122. The average molecular weight is 187 g/mol. The molecule has 1 aliphatic rings. The summed E-state index contributed by atoms with van der Waals surface area (Å²) in [4.78, 5) is 0. The van der Waals surface area contributed by atoms with Gasteiger partial charge in [0.25, 0.3) is 0 Å². The minimum atomic E-state index is -0.932. The molecule has 2 unspecified atom stereocenters. The Labute approximate surface area is 81.1 Å². The SMILES string of the molecule is CCCC(C)(F)CC1CCCNC1. The molecule has 0 saturated carbocycles. The van der Waals surface area contributed by atoms with Gasteiger partial charge in [0, 0.05) is 0 Å². The molecule has 1 nitrogen and oxygen atoms in total. The molecule has 0 aromatic heterocycles. The Hall–Kier alpha value is -0.110. The minimum Gasteiger partial charge on any atom is -0.316 e. The van der Waals surface area contributed by atoms with Crippen molar-refractivity contribution in [3.05, 3.63) is 0 Å². The molecule has 1 aliphatic heterocycles. The van der Waals surface area contributed by atoms with Crippen LogP contribution in [0.25, 0.3) is 0 Å². The monoisotopic (exact) mass is 187 g/mol. The molecular formula is C11H22FN. The smallest absolute Gasteiger partial charge is 0.108 e. The molecule has 0 bridgehead atoms. The molecular weight excluding hydrogens is 165 g/mol. The molecule has 1 fully saturated rings. The minimum absolute atomic E-state index is 0.565. The van der Waals surface area contributed by atoms with Gasteiger partial charge in [0.1, 0.15) is 5.67 Å². The van der Waals surface area contributed by atoms with E-state index in [1.165, 1.54) is 12.8 Å². The lowest BCUT2D eigenvalue weighted by atomic mass is 9.86. The van der Waals surface area contributed by atoms with Crippen LogP contribution in [0.5, 0.6) is 0 Å². The highest BCUT2D eigenvalue weighted by Crippen LogP contribution is 2.29. The highest BCUT2D eigenvalue weighted by molar-refractivity contribution is 4.80. The van der Waals surface area contributed by atoms with E-state index in [-0.39, 0.29) is 0 Å². The van der Waals surface area contributed by atoms with Crippen molar-refractivity contribution in [2.75, 3.05) is 13.1 Å². The average Bonchev–Trinajstić information content (AvgIpc) is 2.04. The molecule has 0 aromatic rings. The van der Waals surface area contributed by atoms with Crippen LogP contribution >= 0.6 is 0 Å². The number of hydrogen-bond donors (Lipinski definition) is 1. The molecule has 2 atom stereocenters. The molecule has 78 valence electrons. The van der Waals surface area contributed by atoms with E-state index in [4.69, 9.17) is 0 Å². The van der Waals surface area contributed by atoms with Crippen LogP contribution in [0.3, 0.4) is 0 Å². The fourth-order valence-corrected chi connectivity index (χ4v) is 2.32. The van der Waals surface area contributed by atoms with Crippen LogP contribution < -0.4 is 5.32 Å². The predicted molar refractivity (Wildman–Crippen MR) is 54.6 cm³/mol. The highest BCUT2D eigenvalue weighted by atomic mass is 19.1. The van der Waals surface area contributed by atoms with E-state index in [9.17, 15) is 4.39 Å². The normalized spacial score (nSPS) is 28.4. The largest absolute Gasteiger partial charge is 0.316 e. The maximum Gasteiger partial charge on any atom is 0.108 e. The van der Waals surface area contributed by atoms with Gasteiger partial charge >= 0.3 is 0 Å². The fraction of sp³-hybridized carbons (Fsp3) is 1.00. The van der Waals surface area contributed by atoms with Gasteiger partial charge in [-0.25, -0.2) is 4.39 Å². The number of rotatable bonds is 4. The molecule has 0 aliphatic carbocycles. The second kappa shape index (κ2) is 4.94. The van der Waals surface area contributed by atoms with Crippen molar-refractivity contribution in [1.82, 2.24) is 5.32 Å². The second-order valence-electron chi connectivity index (χ2n) is 4.58. The molecule has 13 heavy (non-hydrogen) atoms. The van der Waals surface area contributed by atoms with E-state index in [0.29, 0.717) is 12.3 Å². The quantitative estimate of drug-likeness (QED) is 0.713. The van der Waals surface area contributed by atoms with Crippen LogP contribution in [0.1, 0.15) is 46.0 Å². The fourth-order valence-electron chi connectivity index (χ4n) is 2.32. The first-order valence-corrected chi connectivity index (χ1v) is 5.54. The van der Waals surface area contributed by atoms with Crippen LogP contribution in [0, 0.1) is 5.92 Å². The summed E-state index contributed by atoms with van der Waals surface area (Å²) >= 11 is 0. The van der Waals surface area contributed by atoms with Gasteiger partial charge in [-0.05, 0) is 51.6 Å². The maximum atomic E-state index is 13.8. The van der Waals surface area contributed by atoms with Crippen LogP contribution in [-0.2, 0) is 0 Å². The zero-order valence-electron chi connectivity index (χ0n) is 8.91. The Kier molecular flexibility index (Phi) is 4.17. The molecule has 1 saturated heterocycles. The van der Waals surface area contributed by atoms with Gasteiger partial charge in [-0.15, -0.1) is 0 Å². The van der Waals surface area contributed by atoms with E-state index in [2.05, 4.69) is 12.2 Å². The number of alkyl halides is 1. The van der Waals surface area contributed by atoms with Crippen molar-refractivity contribution >= 4 is 0 Å². The van der Waals surface area contributed by atoms with Crippen LogP contribution in [0.15, 0.2) is 0 Å². The van der Waals surface area contributed by atoms with Crippen molar-refractivity contribution in [2.45, 2.75) is 51.6 Å². The highest BCUT2D eigenvalue weighted by Gasteiger charge is 2.27. The van der Waals surface area contributed by atoms with Gasteiger partial charge < -0.3 is 5.32 Å². The third kappa shape index (κ3) is 4.08. The number of halogens is 1.